The summed E-state index contributed by atoms with van der Waals surface area (Å²) >= 11 is 0. The van der Waals surface area contributed by atoms with E-state index in [-0.39, 0.29) is 28.4 Å². The summed E-state index contributed by atoms with van der Waals surface area (Å²) in [4.78, 5) is 12.2. The number of rotatable bonds is 1. The van der Waals surface area contributed by atoms with Crippen molar-refractivity contribution in [3.8, 4) is 34.5 Å². The van der Waals surface area contributed by atoms with Gasteiger partial charge in [-0.05, 0) is 12.1 Å². The number of carbonyl (C=O) groups is 1. The fourth-order valence-electron chi connectivity index (χ4n) is 2.40. The van der Waals surface area contributed by atoms with Gasteiger partial charge in [-0.1, -0.05) is 0 Å². The highest BCUT2D eigenvalue weighted by Crippen LogP contribution is 2.45. The molecule has 1 aliphatic heterocycles. The third-order valence-corrected chi connectivity index (χ3v) is 3.60. The van der Waals surface area contributed by atoms with Crippen molar-refractivity contribution in [1.82, 2.24) is 0 Å². The summed E-state index contributed by atoms with van der Waals surface area (Å²) in [6, 6.07) is 3.85. The Morgan fingerprint density at radius 1 is 0.913 bits per heavy atom. The van der Waals surface area contributed by atoms with Crippen molar-refractivity contribution in [3.05, 3.63) is 35.4 Å². The van der Waals surface area contributed by atoms with Crippen molar-refractivity contribution in [2.24, 2.45) is 0 Å². The Labute approximate surface area is 129 Å². The van der Waals surface area contributed by atoms with E-state index in [0.29, 0.717) is 0 Å². The summed E-state index contributed by atoms with van der Waals surface area (Å²) in [6.07, 6.45) is -0.402. The van der Waals surface area contributed by atoms with Crippen LogP contribution >= 0.6 is 0 Å². The normalized spacial score (nSPS) is 20.0. The van der Waals surface area contributed by atoms with E-state index in [9.17, 15) is 35.4 Å². The lowest BCUT2D eigenvalue weighted by Gasteiger charge is -2.33. The summed E-state index contributed by atoms with van der Waals surface area (Å²) in [7, 11) is 0. The molecule has 0 aliphatic carbocycles. The minimum Gasteiger partial charge on any atom is -0.508 e. The van der Waals surface area contributed by atoms with Crippen LogP contribution in [0.5, 0.6) is 34.5 Å². The number of hydrogen-bond acceptors (Lipinski definition) is 8. The first-order chi connectivity index (χ1) is 10.7. The zero-order valence-corrected chi connectivity index (χ0v) is 11.5. The van der Waals surface area contributed by atoms with Gasteiger partial charge in [0.15, 0.2) is 17.2 Å². The summed E-state index contributed by atoms with van der Waals surface area (Å²) in [5.41, 5.74) is -0.228. The smallest absolute Gasteiger partial charge is 0.295 e. The molecule has 120 valence electrons. The highest BCUT2D eigenvalue weighted by Gasteiger charge is 2.46. The highest BCUT2D eigenvalue weighted by atomic mass is 16.6. The highest BCUT2D eigenvalue weighted by molar-refractivity contribution is 5.92. The van der Waals surface area contributed by atoms with Crippen molar-refractivity contribution >= 4 is 5.78 Å². The van der Waals surface area contributed by atoms with Gasteiger partial charge in [-0.2, -0.15) is 0 Å². The number of phenols is 5. The molecule has 0 aromatic heterocycles. The Balaban J connectivity index is 2.14. The van der Waals surface area contributed by atoms with Gasteiger partial charge in [-0.25, -0.2) is 0 Å². The first-order valence-corrected chi connectivity index (χ1v) is 6.47. The molecule has 0 fully saturated rings. The van der Waals surface area contributed by atoms with Crippen LogP contribution in [0.4, 0.5) is 0 Å². The van der Waals surface area contributed by atoms with Crippen molar-refractivity contribution in [2.75, 3.05) is 0 Å². The topological polar surface area (TPSA) is 148 Å². The zero-order valence-electron chi connectivity index (χ0n) is 11.5. The van der Waals surface area contributed by atoms with Gasteiger partial charge in [0.25, 0.3) is 5.79 Å². The second-order valence-electron chi connectivity index (χ2n) is 5.15. The lowest BCUT2D eigenvalue weighted by molar-refractivity contribution is -0.179. The Morgan fingerprint density at radius 2 is 1.52 bits per heavy atom. The number of hydrogen-bond donors (Lipinski definition) is 6. The van der Waals surface area contributed by atoms with E-state index < -0.39 is 35.2 Å². The van der Waals surface area contributed by atoms with Gasteiger partial charge in [-0.3, -0.25) is 4.79 Å². The van der Waals surface area contributed by atoms with Crippen LogP contribution in [-0.4, -0.2) is 36.4 Å². The van der Waals surface area contributed by atoms with Crippen LogP contribution in [0, 0.1) is 0 Å². The van der Waals surface area contributed by atoms with E-state index in [4.69, 9.17) is 4.74 Å². The Hall–Kier alpha value is -3.13. The van der Waals surface area contributed by atoms with Gasteiger partial charge in [0, 0.05) is 29.7 Å². The largest absolute Gasteiger partial charge is 0.508 e. The molecule has 2 aromatic carbocycles. The molecule has 0 spiro atoms. The minimum atomic E-state index is -2.56. The molecular weight excluding hydrogens is 308 g/mol. The summed E-state index contributed by atoms with van der Waals surface area (Å²) in [5, 5.41) is 58.1. The molecule has 1 aliphatic rings. The lowest BCUT2D eigenvalue weighted by atomic mass is 9.92. The van der Waals surface area contributed by atoms with E-state index in [2.05, 4.69) is 0 Å². The van der Waals surface area contributed by atoms with Gasteiger partial charge in [0.2, 0.25) is 5.78 Å². The first kappa shape index (κ1) is 14.8. The first-order valence-electron chi connectivity index (χ1n) is 6.47. The molecule has 0 radical (unpaired) electrons. The summed E-state index contributed by atoms with van der Waals surface area (Å²) in [5.74, 6) is -6.58. The molecule has 1 unspecified atom stereocenters. The van der Waals surface area contributed by atoms with Crippen molar-refractivity contribution in [2.45, 2.75) is 12.2 Å². The fraction of sp³-hybridized carbons (Fsp3) is 0.133. The maximum atomic E-state index is 12.2. The maximum absolute atomic E-state index is 12.2. The predicted octanol–water partition coefficient (Wildman–Crippen LogP) is 0.564. The van der Waals surface area contributed by atoms with Crippen LogP contribution in [-0.2, 0) is 17.0 Å². The van der Waals surface area contributed by atoms with Gasteiger partial charge < -0.3 is 35.4 Å². The van der Waals surface area contributed by atoms with Gasteiger partial charge >= 0.3 is 0 Å². The van der Waals surface area contributed by atoms with Gasteiger partial charge in [0.05, 0.1) is 0 Å². The molecule has 0 bridgehead atoms. The van der Waals surface area contributed by atoms with Crippen molar-refractivity contribution in [3.63, 3.8) is 0 Å². The molecule has 0 saturated carbocycles. The van der Waals surface area contributed by atoms with E-state index in [1.54, 1.807) is 0 Å². The quantitative estimate of drug-likeness (QED) is 0.418. The Kier molecular flexibility index (Phi) is 3.01. The number of ether oxygens (including phenoxy) is 1. The summed E-state index contributed by atoms with van der Waals surface area (Å²) < 4.78 is 5.21. The lowest BCUT2D eigenvalue weighted by Crippen LogP contribution is -2.45. The minimum absolute atomic E-state index is 0.0877. The van der Waals surface area contributed by atoms with Gasteiger partial charge in [0.1, 0.15) is 17.2 Å². The number of benzene rings is 2. The van der Waals surface area contributed by atoms with E-state index >= 15 is 0 Å². The third kappa shape index (κ3) is 2.16. The SMILES string of the molecule is O=C1Cc2c(O)cc(O)cc2OC1(O)c1cc(O)c(O)c(O)c1. The molecule has 1 heterocycles. The number of Topliss-reactive ketones (excluding diaryl/α,β-unsaturated/α-hetero) is 1. The number of fused-ring (bicyclic) bond motifs is 1. The fourth-order valence-corrected chi connectivity index (χ4v) is 2.40. The molecule has 1 atom stereocenters. The van der Waals surface area contributed by atoms with Crippen LogP contribution < -0.4 is 4.74 Å². The second kappa shape index (κ2) is 4.68. The zero-order chi connectivity index (χ0) is 16.9. The van der Waals surface area contributed by atoms with Gasteiger partial charge in [-0.15, -0.1) is 0 Å². The summed E-state index contributed by atoms with van der Waals surface area (Å²) in [6.45, 7) is 0. The van der Waals surface area contributed by atoms with E-state index in [0.717, 1.165) is 24.3 Å². The molecule has 6 N–H and O–H groups in total. The molecule has 3 rings (SSSR count). The molecule has 2 aromatic rings. The molecule has 0 saturated heterocycles. The Bertz CT molecular complexity index is 805. The number of aromatic hydroxyl groups is 5. The van der Waals surface area contributed by atoms with Crippen LogP contribution in [0.1, 0.15) is 11.1 Å². The van der Waals surface area contributed by atoms with E-state index in [1.807, 2.05) is 0 Å². The van der Waals surface area contributed by atoms with Crippen LogP contribution in [0.15, 0.2) is 24.3 Å². The number of carbonyl (C=O) groups excluding carboxylic acids is 1. The average Bonchev–Trinajstić information content (AvgIpc) is 2.46. The number of phenolic OH excluding ortho intramolecular Hbond substituents is 5. The predicted molar refractivity (Wildman–Crippen MR) is 74.4 cm³/mol. The Morgan fingerprint density at radius 3 is 2.13 bits per heavy atom. The third-order valence-electron chi connectivity index (χ3n) is 3.60. The van der Waals surface area contributed by atoms with Crippen molar-refractivity contribution < 1.29 is 40.2 Å². The molecular formula is C15H12O8. The van der Waals surface area contributed by atoms with Crippen molar-refractivity contribution in [1.29, 1.82) is 0 Å². The van der Waals surface area contributed by atoms with Crippen LogP contribution in [0.25, 0.3) is 0 Å². The van der Waals surface area contributed by atoms with Crippen LogP contribution in [0.3, 0.4) is 0 Å². The molecule has 8 heteroatoms. The number of ketones is 1. The average molecular weight is 320 g/mol. The molecule has 8 nitrogen and oxygen atoms in total. The maximum Gasteiger partial charge on any atom is 0.295 e. The molecule has 23 heavy (non-hydrogen) atoms. The standard InChI is InChI=1S/C15H12O8/c16-7-3-9(17)8-5-13(20)15(22,23-12(8)4-7)6-1-10(18)14(21)11(19)2-6/h1-4,16-19,21-22H,5H2. The van der Waals surface area contributed by atoms with E-state index in [1.165, 1.54) is 0 Å². The monoisotopic (exact) mass is 320 g/mol. The van der Waals surface area contributed by atoms with Crippen LogP contribution in [0.2, 0.25) is 0 Å². The second-order valence-corrected chi connectivity index (χ2v) is 5.15. The molecule has 0 amide bonds. The number of aliphatic hydroxyl groups is 1.